The molecule has 0 unspecified atom stereocenters. The first-order valence-corrected chi connectivity index (χ1v) is 12.7. The Morgan fingerprint density at radius 1 is 0.861 bits per heavy atom. The number of rotatable bonds is 17. The molecule has 0 heterocycles. The number of ether oxygens (including phenoxy) is 1. The van der Waals surface area contributed by atoms with Gasteiger partial charge in [0.1, 0.15) is 12.6 Å². The quantitative estimate of drug-likeness (QED) is 0.113. The third-order valence-electron chi connectivity index (χ3n) is 4.98. The number of carboxylic acids is 1. The number of hydrogen-bond acceptors (Lipinski definition) is 8. The highest BCUT2D eigenvalue weighted by Gasteiger charge is 2.20. The van der Waals surface area contributed by atoms with Gasteiger partial charge in [-0.25, -0.2) is 9.59 Å². The van der Waals surface area contributed by atoms with Gasteiger partial charge in [0, 0.05) is 32.0 Å². The van der Waals surface area contributed by atoms with Crippen LogP contribution in [0.25, 0.3) is 0 Å². The molecule has 0 aliphatic rings. The fraction of sp³-hybridized carbons (Fsp3) is 0.522. The van der Waals surface area contributed by atoms with Crippen LogP contribution in [0.1, 0.15) is 31.2 Å². The van der Waals surface area contributed by atoms with E-state index in [0.29, 0.717) is 19.4 Å². The molecule has 1 rings (SSSR count). The standard InChI is InChI=1S/C23H34N4O7S2/c28-19(10-17(11-25-20(29)14-35)12-26-21(30)15-36)24-9-5-4-8-18(22(31)32)27-23(33)34-13-16-6-2-1-3-7-16/h1-3,6-7,17-18,35-36H,4-5,8-15H2,(H,24,28)(H,25,29)(H,26,30)(H,27,33)(H,31,32)/t18-/m0/s1. The lowest BCUT2D eigenvalue weighted by Gasteiger charge is -2.18. The van der Waals surface area contributed by atoms with E-state index in [9.17, 15) is 29.1 Å². The van der Waals surface area contributed by atoms with E-state index in [1.807, 2.05) is 6.07 Å². The number of nitrogens with one attached hydrogen (secondary N) is 4. The zero-order valence-electron chi connectivity index (χ0n) is 19.9. The number of aliphatic carboxylic acids is 1. The number of unbranched alkanes of at least 4 members (excludes halogenated alkanes) is 1. The number of benzene rings is 1. The van der Waals surface area contributed by atoms with E-state index in [-0.39, 0.29) is 67.7 Å². The SMILES string of the molecule is O=C(CS)NCC(CNC(=O)CS)CC(=O)NCCCC[C@H](NC(=O)OCc1ccccc1)C(=O)O. The van der Waals surface area contributed by atoms with Gasteiger partial charge in [0.25, 0.3) is 0 Å². The van der Waals surface area contributed by atoms with E-state index in [2.05, 4.69) is 46.5 Å². The zero-order chi connectivity index (χ0) is 26.8. The molecule has 1 aromatic carbocycles. The summed E-state index contributed by atoms with van der Waals surface area (Å²) in [4.78, 5) is 58.6. The molecule has 11 nitrogen and oxygen atoms in total. The van der Waals surface area contributed by atoms with Crippen LogP contribution in [0.5, 0.6) is 0 Å². The second-order valence-corrected chi connectivity index (χ2v) is 8.57. The van der Waals surface area contributed by atoms with Gasteiger partial charge in [-0.2, -0.15) is 25.3 Å². The van der Waals surface area contributed by atoms with E-state index in [1.165, 1.54) is 0 Å². The molecule has 200 valence electrons. The maximum absolute atomic E-state index is 12.3. The number of hydrogen-bond donors (Lipinski definition) is 7. The monoisotopic (exact) mass is 542 g/mol. The Balaban J connectivity index is 2.35. The summed E-state index contributed by atoms with van der Waals surface area (Å²) >= 11 is 7.77. The van der Waals surface area contributed by atoms with E-state index in [1.54, 1.807) is 24.3 Å². The van der Waals surface area contributed by atoms with Crippen molar-refractivity contribution in [2.24, 2.45) is 5.92 Å². The number of thiol groups is 2. The van der Waals surface area contributed by atoms with Crippen molar-refractivity contribution in [2.45, 2.75) is 38.3 Å². The maximum Gasteiger partial charge on any atom is 0.408 e. The highest BCUT2D eigenvalue weighted by Crippen LogP contribution is 2.05. The van der Waals surface area contributed by atoms with Gasteiger partial charge in [0.15, 0.2) is 0 Å². The molecule has 0 saturated heterocycles. The van der Waals surface area contributed by atoms with Crippen molar-refractivity contribution in [3.05, 3.63) is 35.9 Å². The van der Waals surface area contributed by atoms with Crippen molar-refractivity contribution in [1.29, 1.82) is 0 Å². The van der Waals surface area contributed by atoms with Crippen LogP contribution >= 0.6 is 25.3 Å². The molecule has 36 heavy (non-hydrogen) atoms. The van der Waals surface area contributed by atoms with Gasteiger partial charge >= 0.3 is 12.1 Å². The molecule has 5 N–H and O–H groups in total. The highest BCUT2D eigenvalue weighted by atomic mass is 32.1. The van der Waals surface area contributed by atoms with Crippen LogP contribution in [-0.2, 0) is 30.5 Å². The molecule has 1 atom stereocenters. The van der Waals surface area contributed by atoms with E-state index in [4.69, 9.17) is 4.74 Å². The van der Waals surface area contributed by atoms with Gasteiger partial charge in [0.05, 0.1) is 11.5 Å². The number of amides is 4. The first-order chi connectivity index (χ1) is 17.2. The molecule has 0 spiro atoms. The summed E-state index contributed by atoms with van der Waals surface area (Å²) in [6.07, 6.45) is 0.357. The van der Waals surface area contributed by atoms with Gasteiger partial charge in [-0.3, -0.25) is 14.4 Å². The predicted octanol–water partition coefficient (Wildman–Crippen LogP) is 0.751. The van der Waals surface area contributed by atoms with Gasteiger partial charge in [0.2, 0.25) is 17.7 Å². The molecule has 4 amide bonds. The Morgan fingerprint density at radius 2 is 1.47 bits per heavy atom. The van der Waals surface area contributed by atoms with E-state index >= 15 is 0 Å². The predicted molar refractivity (Wildman–Crippen MR) is 140 cm³/mol. The molecule has 0 aliphatic carbocycles. The molecule has 1 aromatic rings. The summed E-state index contributed by atoms with van der Waals surface area (Å²) in [7, 11) is 0. The number of alkyl carbamates (subject to hydrolysis) is 1. The molecule has 0 fully saturated rings. The first kappa shape index (κ1) is 31.1. The number of carbonyl (C=O) groups is 5. The largest absolute Gasteiger partial charge is 0.480 e. The highest BCUT2D eigenvalue weighted by molar-refractivity contribution is 7.81. The second kappa shape index (κ2) is 18.4. The van der Waals surface area contributed by atoms with Gasteiger partial charge in [-0.05, 0) is 24.8 Å². The lowest BCUT2D eigenvalue weighted by molar-refractivity contribution is -0.139. The fourth-order valence-corrected chi connectivity index (χ4v) is 3.27. The van der Waals surface area contributed by atoms with Crippen LogP contribution in [0, 0.1) is 5.92 Å². The molecule has 0 saturated carbocycles. The topological polar surface area (TPSA) is 163 Å². The van der Waals surface area contributed by atoms with Crippen molar-refractivity contribution in [3.8, 4) is 0 Å². The van der Waals surface area contributed by atoms with Crippen LogP contribution in [0.4, 0.5) is 4.79 Å². The summed E-state index contributed by atoms with van der Waals surface area (Å²) < 4.78 is 5.06. The molecule has 0 aromatic heterocycles. The van der Waals surface area contributed by atoms with Crippen LogP contribution in [-0.4, -0.2) is 72.1 Å². The summed E-state index contributed by atoms with van der Waals surface area (Å²) in [5.41, 5.74) is 0.783. The van der Waals surface area contributed by atoms with E-state index < -0.39 is 18.1 Å². The lowest BCUT2D eigenvalue weighted by Crippen LogP contribution is -2.41. The van der Waals surface area contributed by atoms with Crippen molar-refractivity contribution in [2.75, 3.05) is 31.1 Å². The Bertz CT molecular complexity index is 838. The fourth-order valence-electron chi connectivity index (χ4n) is 3.04. The Hall–Kier alpha value is -2.93. The summed E-state index contributed by atoms with van der Waals surface area (Å²) in [5, 5.41) is 19.7. The molecule has 13 heteroatoms. The van der Waals surface area contributed by atoms with Crippen molar-refractivity contribution in [3.63, 3.8) is 0 Å². The zero-order valence-corrected chi connectivity index (χ0v) is 21.7. The van der Waals surface area contributed by atoms with Crippen LogP contribution in [0.15, 0.2) is 30.3 Å². The maximum atomic E-state index is 12.3. The lowest BCUT2D eigenvalue weighted by atomic mass is 10.0. The molecule has 0 radical (unpaired) electrons. The molecule has 0 bridgehead atoms. The smallest absolute Gasteiger partial charge is 0.408 e. The average Bonchev–Trinajstić information content (AvgIpc) is 2.87. The van der Waals surface area contributed by atoms with Crippen molar-refractivity contribution >= 4 is 55.0 Å². The number of carboxylic acid groups (broad SMARTS) is 1. The van der Waals surface area contributed by atoms with Crippen molar-refractivity contribution in [1.82, 2.24) is 21.3 Å². The minimum Gasteiger partial charge on any atom is -0.480 e. The summed E-state index contributed by atoms with van der Waals surface area (Å²) in [5.74, 6) is -2.30. The summed E-state index contributed by atoms with van der Waals surface area (Å²) in [6, 6.07) is 7.90. The van der Waals surface area contributed by atoms with Crippen molar-refractivity contribution < 1.29 is 33.8 Å². The summed E-state index contributed by atoms with van der Waals surface area (Å²) in [6.45, 7) is 0.739. The van der Waals surface area contributed by atoms with E-state index in [0.717, 1.165) is 5.56 Å². The van der Waals surface area contributed by atoms with Gasteiger partial charge in [-0.1, -0.05) is 30.3 Å². The van der Waals surface area contributed by atoms with Crippen LogP contribution in [0.3, 0.4) is 0 Å². The first-order valence-electron chi connectivity index (χ1n) is 11.5. The normalized spacial score (nSPS) is 11.3. The van der Waals surface area contributed by atoms with Crippen LogP contribution in [0.2, 0.25) is 0 Å². The third kappa shape index (κ3) is 14.5. The van der Waals surface area contributed by atoms with Crippen LogP contribution < -0.4 is 21.3 Å². The Kier molecular flexibility index (Phi) is 15.9. The Morgan fingerprint density at radius 3 is 2.03 bits per heavy atom. The number of carbonyl (C=O) groups excluding carboxylic acids is 4. The average molecular weight is 543 g/mol. The van der Waals surface area contributed by atoms with Gasteiger partial charge < -0.3 is 31.1 Å². The second-order valence-electron chi connectivity index (χ2n) is 7.94. The molecular formula is C23H34N4O7S2. The minimum atomic E-state index is -1.18. The van der Waals surface area contributed by atoms with Gasteiger partial charge in [-0.15, -0.1) is 0 Å². The molecular weight excluding hydrogens is 508 g/mol. The minimum absolute atomic E-state index is 0.0128. The molecule has 0 aliphatic heterocycles. The Labute approximate surface area is 221 Å². The third-order valence-corrected chi connectivity index (χ3v) is 5.56.